The number of benzene rings is 1. The van der Waals surface area contributed by atoms with Gasteiger partial charge in [0.05, 0.1) is 12.3 Å². The molecule has 0 fully saturated rings. The predicted octanol–water partition coefficient (Wildman–Crippen LogP) is 3.95. The first kappa shape index (κ1) is 22.5. The van der Waals surface area contributed by atoms with Gasteiger partial charge < -0.3 is 37.9 Å². The van der Waals surface area contributed by atoms with Crippen LogP contribution >= 0.6 is 0 Å². The summed E-state index contributed by atoms with van der Waals surface area (Å²) in [6, 6.07) is 5.89. The lowest BCUT2D eigenvalue weighted by molar-refractivity contribution is 0.256. The standard InChI is InChI=1S/C20H34N2O3S/c1-3-4-5-6-7-8-9-17(22-20(23)26)14-16-10-11-18(25-13-12-21)19(15-16)24-2/h10-11,15,17H,3-9,12-14,21H2,1-2H3,(H2,22,23,26)/p-1. The highest BCUT2D eigenvalue weighted by Crippen LogP contribution is 2.28. The molecule has 6 heteroatoms. The van der Waals surface area contributed by atoms with E-state index in [0.29, 0.717) is 24.7 Å². The molecule has 0 heterocycles. The topological polar surface area (TPSA) is 73.6 Å². The number of carbonyl (C=O) groups is 1. The van der Waals surface area contributed by atoms with Gasteiger partial charge in [0.1, 0.15) is 6.61 Å². The van der Waals surface area contributed by atoms with Crippen molar-refractivity contribution in [3.05, 3.63) is 23.8 Å². The van der Waals surface area contributed by atoms with Crippen LogP contribution in [0.4, 0.5) is 4.79 Å². The van der Waals surface area contributed by atoms with Crippen molar-refractivity contribution in [2.75, 3.05) is 20.3 Å². The Balaban J connectivity index is 2.61. The number of amides is 1. The minimum Gasteiger partial charge on any atom is -0.719 e. The lowest BCUT2D eigenvalue weighted by Gasteiger charge is -2.22. The molecule has 1 rings (SSSR count). The van der Waals surface area contributed by atoms with Crippen LogP contribution in [0.15, 0.2) is 18.2 Å². The van der Waals surface area contributed by atoms with E-state index in [1.54, 1.807) is 7.11 Å². The molecule has 148 valence electrons. The molecule has 0 spiro atoms. The van der Waals surface area contributed by atoms with Crippen LogP contribution in [0.5, 0.6) is 11.5 Å². The average molecular weight is 382 g/mol. The van der Waals surface area contributed by atoms with E-state index >= 15 is 0 Å². The molecule has 0 saturated heterocycles. The predicted molar refractivity (Wildman–Crippen MR) is 109 cm³/mol. The number of rotatable bonds is 14. The molecule has 1 aromatic rings. The summed E-state index contributed by atoms with van der Waals surface area (Å²) in [6.07, 6.45) is 9.04. The first-order valence-corrected chi connectivity index (χ1v) is 9.98. The number of hydrogen-bond donors (Lipinski definition) is 2. The fraction of sp³-hybridized carbons (Fsp3) is 0.650. The fourth-order valence-corrected chi connectivity index (χ4v) is 3.14. The molecular formula is C20H33N2O3S-. The van der Waals surface area contributed by atoms with Crippen LogP contribution in [0.3, 0.4) is 0 Å². The summed E-state index contributed by atoms with van der Waals surface area (Å²) in [5, 5.41) is 2.51. The lowest BCUT2D eigenvalue weighted by Crippen LogP contribution is -2.34. The molecule has 0 bridgehead atoms. The molecule has 0 aliphatic rings. The Morgan fingerprint density at radius 2 is 1.92 bits per heavy atom. The van der Waals surface area contributed by atoms with Crippen LogP contribution in [-0.2, 0) is 19.0 Å². The quantitative estimate of drug-likeness (QED) is 0.377. The molecule has 5 nitrogen and oxygen atoms in total. The summed E-state index contributed by atoms with van der Waals surface area (Å²) < 4.78 is 11.0. The number of carbonyl (C=O) groups excluding carboxylic acids is 1. The summed E-state index contributed by atoms with van der Waals surface area (Å²) in [4.78, 5) is 11.4. The van der Waals surface area contributed by atoms with E-state index in [4.69, 9.17) is 27.8 Å². The van der Waals surface area contributed by atoms with Crippen LogP contribution in [0.25, 0.3) is 0 Å². The van der Waals surface area contributed by atoms with Crippen molar-refractivity contribution >= 4 is 17.9 Å². The Labute approximate surface area is 163 Å². The van der Waals surface area contributed by atoms with Crippen LogP contribution < -0.4 is 20.5 Å². The van der Waals surface area contributed by atoms with Crippen molar-refractivity contribution in [1.82, 2.24) is 5.32 Å². The number of methoxy groups -OCH3 is 1. The van der Waals surface area contributed by atoms with E-state index in [0.717, 1.165) is 24.8 Å². The average Bonchev–Trinajstić information content (AvgIpc) is 2.62. The summed E-state index contributed by atoms with van der Waals surface area (Å²) in [5.74, 6) is 1.36. The largest absolute Gasteiger partial charge is 0.719 e. The lowest BCUT2D eigenvalue weighted by atomic mass is 9.99. The molecule has 0 radical (unpaired) electrons. The second kappa shape index (κ2) is 13.6. The molecule has 1 unspecified atom stereocenters. The normalized spacial score (nSPS) is 11.8. The summed E-state index contributed by atoms with van der Waals surface area (Å²) in [6.45, 7) is 3.12. The van der Waals surface area contributed by atoms with Gasteiger partial charge in [-0.2, -0.15) is 0 Å². The molecule has 0 aromatic heterocycles. The molecular weight excluding hydrogens is 348 g/mol. The van der Waals surface area contributed by atoms with E-state index in [1.165, 1.54) is 32.1 Å². The van der Waals surface area contributed by atoms with Crippen molar-refractivity contribution in [2.24, 2.45) is 5.73 Å². The van der Waals surface area contributed by atoms with Crippen LogP contribution in [-0.4, -0.2) is 31.5 Å². The summed E-state index contributed by atoms with van der Waals surface area (Å²) in [5.41, 5.74) is 6.56. The second-order valence-corrected chi connectivity index (χ2v) is 6.88. The van der Waals surface area contributed by atoms with Crippen molar-refractivity contribution < 1.29 is 14.3 Å². The smallest absolute Gasteiger partial charge is 0.161 e. The van der Waals surface area contributed by atoms with Gasteiger partial charge in [-0.1, -0.05) is 51.5 Å². The number of unbranched alkanes of at least 4 members (excludes halogenated alkanes) is 5. The van der Waals surface area contributed by atoms with E-state index in [1.807, 2.05) is 18.2 Å². The van der Waals surface area contributed by atoms with Crippen molar-refractivity contribution in [2.45, 2.75) is 64.3 Å². The molecule has 26 heavy (non-hydrogen) atoms. The number of nitrogens with two attached hydrogens (primary N) is 1. The molecule has 3 N–H and O–H groups in total. The second-order valence-electron chi connectivity index (χ2n) is 6.51. The number of nitrogens with one attached hydrogen (secondary N) is 1. The molecule has 1 aromatic carbocycles. The zero-order valence-corrected chi connectivity index (χ0v) is 16.9. The highest BCUT2D eigenvalue weighted by Gasteiger charge is 2.12. The maximum atomic E-state index is 11.4. The third-order valence-electron chi connectivity index (χ3n) is 4.31. The van der Waals surface area contributed by atoms with E-state index in [9.17, 15) is 4.79 Å². The van der Waals surface area contributed by atoms with Gasteiger partial charge >= 0.3 is 0 Å². The van der Waals surface area contributed by atoms with Crippen molar-refractivity contribution in [3.63, 3.8) is 0 Å². The fourth-order valence-electron chi connectivity index (χ4n) is 2.97. The first-order valence-electron chi connectivity index (χ1n) is 9.58. The van der Waals surface area contributed by atoms with Gasteiger partial charge in [-0.15, -0.1) is 0 Å². The summed E-state index contributed by atoms with van der Waals surface area (Å²) >= 11 is 4.72. The van der Waals surface area contributed by atoms with Crippen LogP contribution in [0.1, 0.15) is 57.4 Å². The Bertz CT molecular complexity index is 526. The van der Waals surface area contributed by atoms with Gasteiger partial charge in [0.15, 0.2) is 11.5 Å². The Kier molecular flexibility index (Phi) is 11.8. The molecule has 0 aliphatic carbocycles. The third kappa shape index (κ3) is 9.25. The van der Waals surface area contributed by atoms with E-state index in [-0.39, 0.29) is 6.04 Å². The Hall–Kier alpha value is -1.53. The van der Waals surface area contributed by atoms with Crippen LogP contribution in [0, 0.1) is 0 Å². The SMILES string of the molecule is CCCCCCCCC(Cc1ccc(OCCN)c(OC)c1)NC(=O)[S-]. The van der Waals surface area contributed by atoms with Gasteiger partial charge in [-0.05, 0) is 30.5 Å². The minimum atomic E-state index is -0.393. The number of hydrogen-bond acceptors (Lipinski definition) is 5. The molecule has 0 aliphatic heterocycles. The van der Waals surface area contributed by atoms with Crippen molar-refractivity contribution in [3.8, 4) is 11.5 Å². The third-order valence-corrected chi connectivity index (χ3v) is 4.43. The highest BCUT2D eigenvalue weighted by molar-refractivity contribution is 7.76. The zero-order chi connectivity index (χ0) is 19.2. The minimum absolute atomic E-state index is 0.0479. The summed E-state index contributed by atoms with van der Waals surface area (Å²) in [7, 11) is 1.62. The molecule has 1 atom stereocenters. The maximum absolute atomic E-state index is 11.4. The molecule has 0 saturated carbocycles. The van der Waals surface area contributed by atoms with Crippen LogP contribution in [0.2, 0.25) is 0 Å². The highest BCUT2D eigenvalue weighted by atomic mass is 32.1. The van der Waals surface area contributed by atoms with Gasteiger partial charge in [0, 0.05) is 12.6 Å². The van der Waals surface area contributed by atoms with E-state index < -0.39 is 5.24 Å². The van der Waals surface area contributed by atoms with Gasteiger partial charge in [-0.25, -0.2) is 0 Å². The Morgan fingerprint density at radius 3 is 2.58 bits per heavy atom. The van der Waals surface area contributed by atoms with Gasteiger partial charge in [-0.3, -0.25) is 0 Å². The first-order chi connectivity index (χ1) is 12.6. The maximum Gasteiger partial charge on any atom is 0.161 e. The molecule has 1 amide bonds. The van der Waals surface area contributed by atoms with E-state index in [2.05, 4.69) is 12.2 Å². The Morgan fingerprint density at radius 1 is 1.19 bits per heavy atom. The number of ether oxygens (including phenoxy) is 2. The zero-order valence-electron chi connectivity index (χ0n) is 16.1. The van der Waals surface area contributed by atoms with Crippen molar-refractivity contribution in [1.29, 1.82) is 0 Å². The van der Waals surface area contributed by atoms with Gasteiger partial charge in [0.25, 0.3) is 0 Å². The van der Waals surface area contributed by atoms with Gasteiger partial charge in [0.2, 0.25) is 0 Å². The monoisotopic (exact) mass is 381 g/mol.